The van der Waals surface area contributed by atoms with Gasteiger partial charge < -0.3 is 25.2 Å². The fourth-order valence-electron chi connectivity index (χ4n) is 5.46. The molecule has 0 saturated heterocycles. The van der Waals surface area contributed by atoms with Crippen LogP contribution < -0.4 is 15.4 Å². The molecule has 1 aliphatic heterocycles. The zero-order valence-corrected chi connectivity index (χ0v) is 19.0. The van der Waals surface area contributed by atoms with Gasteiger partial charge in [-0.1, -0.05) is 11.6 Å². The third-order valence-electron chi connectivity index (χ3n) is 7.04. The van der Waals surface area contributed by atoms with Gasteiger partial charge in [-0.25, -0.2) is 4.39 Å². The number of fused-ring (bicyclic) bond motifs is 1. The van der Waals surface area contributed by atoms with Crippen LogP contribution in [0.5, 0.6) is 5.75 Å². The highest BCUT2D eigenvalue weighted by molar-refractivity contribution is 6.30. The van der Waals surface area contributed by atoms with E-state index in [1.807, 2.05) is 0 Å². The number of alkyl halides is 3. The van der Waals surface area contributed by atoms with E-state index in [0.29, 0.717) is 24.8 Å². The SMILES string of the molecule is O=C(COC1CC(OC(F)(F)F)C1)NC12CC(NC(=O)[C@H]3C[C@H](O)c4cc(Cl)c(F)cc4O3)(C1)C2. The molecule has 1 heterocycles. The van der Waals surface area contributed by atoms with Gasteiger partial charge in [0.2, 0.25) is 5.91 Å². The first kappa shape index (κ1) is 24.5. The van der Waals surface area contributed by atoms with Crippen LogP contribution in [0.2, 0.25) is 5.02 Å². The lowest BCUT2D eigenvalue weighted by atomic mass is 9.44. The molecule has 192 valence electrons. The van der Waals surface area contributed by atoms with Crippen LogP contribution in [0.3, 0.4) is 0 Å². The Balaban J connectivity index is 1.04. The van der Waals surface area contributed by atoms with Gasteiger partial charge in [0.1, 0.15) is 18.2 Å². The Bertz CT molecular complexity index is 1030. The van der Waals surface area contributed by atoms with Crippen molar-refractivity contribution in [3.05, 3.63) is 28.5 Å². The zero-order valence-electron chi connectivity index (χ0n) is 18.3. The molecular weight excluding hydrogens is 500 g/mol. The summed E-state index contributed by atoms with van der Waals surface area (Å²) in [5.41, 5.74) is -0.615. The largest absolute Gasteiger partial charge is 0.522 e. The number of nitrogens with one attached hydrogen (secondary N) is 2. The number of benzene rings is 1. The van der Waals surface area contributed by atoms with Crippen molar-refractivity contribution in [2.24, 2.45) is 0 Å². The van der Waals surface area contributed by atoms with Gasteiger partial charge in [-0.2, -0.15) is 0 Å². The summed E-state index contributed by atoms with van der Waals surface area (Å²) in [6.07, 6.45) is -6.42. The lowest BCUT2D eigenvalue weighted by Crippen LogP contribution is -2.84. The molecule has 0 aromatic heterocycles. The summed E-state index contributed by atoms with van der Waals surface area (Å²) in [7, 11) is 0. The van der Waals surface area contributed by atoms with Crippen LogP contribution in [0, 0.1) is 5.82 Å². The fourth-order valence-corrected chi connectivity index (χ4v) is 5.63. The molecule has 5 aliphatic rings. The number of amides is 2. The second-order valence-electron chi connectivity index (χ2n) is 9.88. The van der Waals surface area contributed by atoms with Crippen molar-refractivity contribution in [2.45, 2.75) is 80.4 Å². The normalized spacial score (nSPS) is 34.9. The van der Waals surface area contributed by atoms with E-state index in [1.54, 1.807) is 0 Å². The number of aliphatic hydroxyl groups is 1. The van der Waals surface area contributed by atoms with Crippen molar-refractivity contribution in [3.63, 3.8) is 0 Å². The number of hydrogen-bond donors (Lipinski definition) is 3. The average Bonchev–Trinajstić information content (AvgIpc) is 2.67. The number of ether oxygens (including phenoxy) is 3. The van der Waals surface area contributed by atoms with Crippen molar-refractivity contribution in [1.29, 1.82) is 0 Å². The van der Waals surface area contributed by atoms with Crippen molar-refractivity contribution in [2.75, 3.05) is 6.61 Å². The van der Waals surface area contributed by atoms with Gasteiger partial charge in [-0.15, -0.1) is 13.2 Å². The molecule has 8 nitrogen and oxygen atoms in total. The first-order chi connectivity index (χ1) is 16.3. The molecule has 13 heteroatoms. The minimum absolute atomic E-state index is 0.00781. The first-order valence-electron chi connectivity index (χ1n) is 11.2. The predicted octanol–water partition coefficient (Wildman–Crippen LogP) is 2.66. The molecule has 0 spiro atoms. The van der Waals surface area contributed by atoms with E-state index >= 15 is 0 Å². The third-order valence-corrected chi connectivity index (χ3v) is 7.33. The molecule has 1 aromatic rings. The Morgan fingerprint density at radius 1 is 1.11 bits per heavy atom. The standard InChI is InChI=1S/C22H23ClF4N2O6/c23-13-3-12-15(30)5-17(34-16(12)4-14(13)24)19(32)29-21-7-20(8-21,9-21)28-18(31)6-33-10-1-11(2-10)35-22(25,26)27/h3-4,10-11,15,17,30H,1-2,5-9H2,(H,28,31)(H,29,32)/t10?,11?,15-,17+,20?,21?/m0/s1. The van der Waals surface area contributed by atoms with E-state index in [4.69, 9.17) is 21.1 Å². The molecule has 3 N–H and O–H groups in total. The number of carbonyl (C=O) groups excluding carboxylic acids is 2. The summed E-state index contributed by atoms with van der Waals surface area (Å²) in [6.45, 7) is -0.266. The molecule has 0 unspecified atom stereocenters. The zero-order chi connectivity index (χ0) is 25.2. The minimum Gasteiger partial charge on any atom is -0.480 e. The van der Waals surface area contributed by atoms with E-state index in [-0.39, 0.29) is 42.5 Å². The number of rotatable bonds is 7. The summed E-state index contributed by atoms with van der Waals surface area (Å²) in [6, 6.07) is 2.32. The molecule has 6 rings (SSSR count). The lowest BCUT2D eigenvalue weighted by Gasteiger charge is -2.70. The van der Waals surface area contributed by atoms with Gasteiger partial charge in [0.15, 0.2) is 6.10 Å². The van der Waals surface area contributed by atoms with Crippen LogP contribution in [0.1, 0.15) is 50.2 Å². The fraction of sp³-hybridized carbons (Fsp3) is 0.636. The van der Waals surface area contributed by atoms with Crippen LogP contribution >= 0.6 is 11.6 Å². The van der Waals surface area contributed by atoms with Gasteiger partial charge in [0.25, 0.3) is 5.91 Å². The maximum atomic E-state index is 13.8. The van der Waals surface area contributed by atoms with Crippen molar-refractivity contribution in [3.8, 4) is 5.75 Å². The lowest BCUT2D eigenvalue weighted by molar-refractivity contribution is -0.357. The molecule has 0 radical (unpaired) electrons. The van der Waals surface area contributed by atoms with Gasteiger partial charge >= 0.3 is 6.36 Å². The maximum Gasteiger partial charge on any atom is 0.522 e. The van der Waals surface area contributed by atoms with E-state index in [1.165, 1.54) is 6.07 Å². The van der Waals surface area contributed by atoms with Gasteiger partial charge in [-0.05, 0) is 25.3 Å². The Hall–Kier alpha value is -2.15. The Labute approximate surface area is 202 Å². The highest BCUT2D eigenvalue weighted by Gasteiger charge is 2.69. The molecule has 1 aromatic carbocycles. The molecule has 2 atom stereocenters. The molecule has 4 aliphatic carbocycles. The van der Waals surface area contributed by atoms with Crippen LogP contribution in [0.15, 0.2) is 12.1 Å². The average molecular weight is 523 g/mol. The molecule has 35 heavy (non-hydrogen) atoms. The van der Waals surface area contributed by atoms with Crippen LogP contribution in [0.25, 0.3) is 0 Å². The second kappa shape index (κ2) is 8.46. The number of carbonyl (C=O) groups is 2. The van der Waals surface area contributed by atoms with E-state index in [0.717, 1.165) is 6.07 Å². The summed E-state index contributed by atoms with van der Waals surface area (Å²) in [5, 5.41) is 16.0. The quantitative estimate of drug-likeness (QED) is 0.476. The van der Waals surface area contributed by atoms with E-state index < -0.39 is 53.6 Å². The van der Waals surface area contributed by atoms with E-state index in [9.17, 15) is 32.3 Å². The third kappa shape index (κ3) is 4.93. The van der Waals surface area contributed by atoms with Crippen molar-refractivity contribution in [1.82, 2.24) is 10.6 Å². The first-order valence-corrected chi connectivity index (χ1v) is 11.5. The smallest absolute Gasteiger partial charge is 0.480 e. The minimum atomic E-state index is -4.68. The summed E-state index contributed by atoms with van der Waals surface area (Å²) in [5.74, 6) is -1.46. The Morgan fingerprint density at radius 2 is 1.77 bits per heavy atom. The molecule has 4 fully saturated rings. The van der Waals surface area contributed by atoms with Gasteiger partial charge in [-0.3, -0.25) is 14.3 Å². The van der Waals surface area contributed by atoms with Crippen molar-refractivity contribution < 1.29 is 46.5 Å². The summed E-state index contributed by atoms with van der Waals surface area (Å²) < 4.78 is 65.0. The molecule has 2 amide bonds. The van der Waals surface area contributed by atoms with Gasteiger partial charge in [0.05, 0.1) is 23.3 Å². The van der Waals surface area contributed by atoms with Crippen LogP contribution in [-0.2, 0) is 19.1 Å². The number of halogens is 5. The number of hydrogen-bond acceptors (Lipinski definition) is 6. The van der Waals surface area contributed by atoms with Crippen LogP contribution in [0.4, 0.5) is 17.6 Å². The monoisotopic (exact) mass is 522 g/mol. The second-order valence-corrected chi connectivity index (χ2v) is 10.3. The summed E-state index contributed by atoms with van der Waals surface area (Å²) >= 11 is 5.75. The molecule has 2 bridgehead atoms. The van der Waals surface area contributed by atoms with Crippen LogP contribution in [-0.4, -0.2) is 59.3 Å². The number of aliphatic hydroxyl groups excluding tert-OH is 1. The van der Waals surface area contributed by atoms with E-state index in [2.05, 4.69) is 15.4 Å². The highest BCUT2D eigenvalue weighted by Crippen LogP contribution is 2.60. The Morgan fingerprint density at radius 3 is 2.43 bits per heavy atom. The predicted molar refractivity (Wildman–Crippen MR) is 111 cm³/mol. The topological polar surface area (TPSA) is 106 Å². The Kier molecular flexibility index (Phi) is 5.93. The summed E-state index contributed by atoms with van der Waals surface area (Å²) in [4.78, 5) is 24.9. The highest BCUT2D eigenvalue weighted by atomic mass is 35.5. The molecular formula is C22H23ClF4N2O6. The van der Waals surface area contributed by atoms with Crippen molar-refractivity contribution >= 4 is 23.4 Å². The maximum absolute atomic E-state index is 13.8. The van der Waals surface area contributed by atoms with Gasteiger partial charge in [0, 0.05) is 42.0 Å². The molecule has 4 saturated carbocycles.